The van der Waals surface area contributed by atoms with Crippen LogP contribution in [0.3, 0.4) is 0 Å². The van der Waals surface area contributed by atoms with E-state index in [1.807, 2.05) is 0 Å². The molecule has 3 N–H and O–H groups in total. The number of carbonyl (C=O) groups is 1. The van der Waals surface area contributed by atoms with Gasteiger partial charge in [-0.15, -0.1) is 0 Å². The first-order chi connectivity index (χ1) is 8.65. The van der Waals surface area contributed by atoms with Gasteiger partial charge in [0.1, 0.15) is 5.82 Å². The number of nitrogens with one attached hydrogen (secondary N) is 1. The first-order valence-electron chi connectivity index (χ1n) is 5.97. The first-order valence-corrected chi connectivity index (χ1v) is 5.97. The summed E-state index contributed by atoms with van der Waals surface area (Å²) in [4.78, 5) is 11.7. The number of methoxy groups -OCH3 is 1. The molecule has 1 aromatic carbocycles. The van der Waals surface area contributed by atoms with Gasteiger partial charge < -0.3 is 15.8 Å². The molecule has 4 nitrogen and oxygen atoms in total. The van der Waals surface area contributed by atoms with E-state index in [2.05, 4.69) is 5.32 Å². The molecule has 0 aliphatic rings. The highest BCUT2D eigenvalue weighted by molar-refractivity contribution is 5.95. The summed E-state index contributed by atoms with van der Waals surface area (Å²) in [5.74, 6) is -0.979. The standard InChI is InChI=1S/C13H19FN2O2/c1-18-8-4-2-3-7-16-13(17)11-9-10(15)5-6-12(11)14/h5-6,9H,2-4,7-8,15H2,1H3,(H,16,17). The van der Waals surface area contributed by atoms with Crippen LogP contribution in [-0.2, 0) is 4.74 Å². The highest BCUT2D eigenvalue weighted by atomic mass is 19.1. The molecule has 0 fully saturated rings. The van der Waals surface area contributed by atoms with Gasteiger partial charge in [0.05, 0.1) is 5.56 Å². The lowest BCUT2D eigenvalue weighted by atomic mass is 10.1. The number of amides is 1. The molecule has 0 unspecified atom stereocenters. The van der Waals surface area contributed by atoms with Crippen LogP contribution >= 0.6 is 0 Å². The van der Waals surface area contributed by atoms with Gasteiger partial charge in [-0.1, -0.05) is 0 Å². The van der Waals surface area contributed by atoms with Crippen molar-refractivity contribution in [2.75, 3.05) is 26.0 Å². The topological polar surface area (TPSA) is 64.3 Å². The normalized spacial score (nSPS) is 10.3. The van der Waals surface area contributed by atoms with Crippen LogP contribution in [0.5, 0.6) is 0 Å². The fourth-order valence-electron chi connectivity index (χ4n) is 1.56. The van der Waals surface area contributed by atoms with Crippen molar-refractivity contribution in [2.45, 2.75) is 19.3 Å². The van der Waals surface area contributed by atoms with Crippen LogP contribution in [-0.4, -0.2) is 26.2 Å². The molecule has 0 aliphatic carbocycles. The van der Waals surface area contributed by atoms with Crippen LogP contribution in [0.4, 0.5) is 10.1 Å². The second-order valence-corrected chi connectivity index (χ2v) is 4.05. The van der Waals surface area contributed by atoms with Gasteiger partial charge in [-0.2, -0.15) is 0 Å². The maximum atomic E-state index is 13.4. The van der Waals surface area contributed by atoms with Crippen LogP contribution in [0.25, 0.3) is 0 Å². The van der Waals surface area contributed by atoms with Crippen molar-refractivity contribution >= 4 is 11.6 Å². The van der Waals surface area contributed by atoms with E-state index in [1.165, 1.54) is 18.2 Å². The number of halogens is 1. The van der Waals surface area contributed by atoms with Gasteiger partial charge in [0.15, 0.2) is 0 Å². The van der Waals surface area contributed by atoms with Crippen molar-refractivity contribution in [3.05, 3.63) is 29.6 Å². The predicted molar refractivity (Wildman–Crippen MR) is 68.9 cm³/mol. The van der Waals surface area contributed by atoms with Crippen molar-refractivity contribution in [2.24, 2.45) is 0 Å². The van der Waals surface area contributed by atoms with Crippen LogP contribution in [0.15, 0.2) is 18.2 Å². The summed E-state index contributed by atoms with van der Waals surface area (Å²) in [6.07, 6.45) is 2.77. The van der Waals surface area contributed by atoms with Crippen LogP contribution in [0.2, 0.25) is 0 Å². The van der Waals surface area contributed by atoms with E-state index in [4.69, 9.17) is 10.5 Å². The minimum absolute atomic E-state index is 0.00751. The Morgan fingerprint density at radius 1 is 1.39 bits per heavy atom. The van der Waals surface area contributed by atoms with E-state index < -0.39 is 11.7 Å². The number of rotatable bonds is 7. The fourth-order valence-corrected chi connectivity index (χ4v) is 1.56. The number of nitrogen functional groups attached to an aromatic ring is 1. The lowest BCUT2D eigenvalue weighted by molar-refractivity contribution is 0.0948. The quantitative estimate of drug-likeness (QED) is 0.577. The Labute approximate surface area is 106 Å². The van der Waals surface area contributed by atoms with Gasteiger partial charge >= 0.3 is 0 Å². The molecule has 0 atom stereocenters. The zero-order chi connectivity index (χ0) is 13.4. The van der Waals surface area contributed by atoms with Crippen LogP contribution in [0.1, 0.15) is 29.6 Å². The molecule has 100 valence electrons. The third kappa shape index (κ3) is 4.71. The molecule has 0 aliphatic heterocycles. The van der Waals surface area contributed by atoms with Gasteiger partial charge in [-0.05, 0) is 37.5 Å². The molecular weight excluding hydrogens is 235 g/mol. The molecule has 0 saturated heterocycles. The molecule has 1 amide bonds. The van der Waals surface area contributed by atoms with Gasteiger partial charge in [-0.3, -0.25) is 4.79 Å². The second-order valence-electron chi connectivity index (χ2n) is 4.05. The molecule has 1 rings (SSSR count). The minimum atomic E-state index is -0.555. The zero-order valence-electron chi connectivity index (χ0n) is 10.5. The van der Waals surface area contributed by atoms with E-state index in [-0.39, 0.29) is 5.56 Å². The highest BCUT2D eigenvalue weighted by Crippen LogP contribution is 2.11. The van der Waals surface area contributed by atoms with Gasteiger partial charge in [0.25, 0.3) is 5.91 Å². The van der Waals surface area contributed by atoms with E-state index in [0.29, 0.717) is 12.2 Å². The number of carbonyl (C=O) groups excluding carboxylic acids is 1. The summed E-state index contributed by atoms with van der Waals surface area (Å²) in [5, 5.41) is 2.67. The Bertz CT molecular complexity index is 397. The van der Waals surface area contributed by atoms with E-state index in [9.17, 15) is 9.18 Å². The van der Waals surface area contributed by atoms with Crippen molar-refractivity contribution in [1.82, 2.24) is 5.32 Å². The SMILES string of the molecule is COCCCCCNC(=O)c1cc(N)ccc1F. The molecular formula is C13H19FN2O2. The Balaban J connectivity index is 2.34. The molecule has 0 saturated carbocycles. The number of unbranched alkanes of at least 4 members (excludes halogenated alkanes) is 2. The van der Waals surface area contributed by atoms with Crippen molar-refractivity contribution in [3.63, 3.8) is 0 Å². The molecule has 0 bridgehead atoms. The van der Waals surface area contributed by atoms with Gasteiger partial charge in [0, 0.05) is 25.9 Å². The summed E-state index contributed by atoms with van der Waals surface area (Å²) >= 11 is 0. The van der Waals surface area contributed by atoms with Crippen LogP contribution < -0.4 is 11.1 Å². The predicted octanol–water partition coefficient (Wildman–Crippen LogP) is 1.95. The third-order valence-corrected chi connectivity index (χ3v) is 2.55. The fraction of sp³-hybridized carbons (Fsp3) is 0.462. The number of ether oxygens (including phenoxy) is 1. The minimum Gasteiger partial charge on any atom is -0.399 e. The van der Waals surface area contributed by atoms with Gasteiger partial charge in [-0.25, -0.2) is 4.39 Å². The molecule has 5 heteroatoms. The third-order valence-electron chi connectivity index (χ3n) is 2.55. The number of hydrogen-bond acceptors (Lipinski definition) is 3. The number of benzene rings is 1. The van der Waals surface area contributed by atoms with E-state index in [1.54, 1.807) is 7.11 Å². The van der Waals surface area contributed by atoms with Crippen molar-refractivity contribution in [3.8, 4) is 0 Å². The summed E-state index contributed by atoms with van der Waals surface area (Å²) in [6, 6.07) is 3.97. The lowest BCUT2D eigenvalue weighted by Crippen LogP contribution is -2.25. The molecule has 0 spiro atoms. The molecule has 18 heavy (non-hydrogen) atoms. The van der Waals surface area contributed by atoms with E-state index >= 15 is 0 Å². The Hall–Kier alpha value is -1.62. The highest BCUT2D eigenvalue weighted by Gasteiger charge is 2.10. The van der Waals surface area contributed by atoms with Crippen molar-refractivity contribution in [1.29, 1.82) is 0 Å². The zero-order valence-corrected chi connectivity index (χ0v) is 10.5. The molecule has 0 heterocycles. The summed E-state index contributed by atoms with van der Waals surface area (Å²) in [6.45, 7) is 1.24. The number of hydrogen-bond donors (Lipinski definition) is 2. The average Bonchev–Trinajstić information content (AvgIpc) is 2.36. The average molecular weight is 254 g/mol. The molecule has 0 aromatic heterocycles. The Morgan fingerprint density at radius 2 is 2.17 bits per heavy atom. The monoisotopic (exact) mass is 254 g/mol. The first kappa shape index (κ1) is 14.4. The summed E-state index contributed by atoms with van der Waals surface area (Å²) < 4.78 is 18.3. The van der Waals surface area contributed by atoms with Crippen LogP contribution in [0, 0.1) is 5.82 Å². The van der Waals surface area contributed by atoms with Gasteiger partial charge in [0.2, 0.25) is 0 Å². The van der Waals surface area contributed by atoms with E-state index in [0.717, 1.165) is 25.9 Å². The number of nitrogens with two attached hydrogens (primary N) is 1. The Kier molecular flexibility index (Phi) is 6.14. The lowest BCUT2D eigenvalue weighted by Gasteiger charge is -2.06. The smallest absolute Gasteiger partial charge is 0.254 e. The second kappa shape index (κ2) is 7.66. The maximum Gasteiger partial charge on any atom is 0.254 e. The maximum absolute atomic E-state index is 13.4. The number of anilines is 1. The summed E-state index contributed by atoms with van der Waals surface area (Å²) in [7, 11) is 1.66. The Morgan fingerprint density at radius 3 is 2.89 bits per heavy atom. The molecule has 0 radical (unpaired) electrons. The molecule has 1 aromatic rings. The van der Waals surface area contributed by atoms with Crippen molar-refractivity contribution < 1.29 is 13.9 Å². The summed E-state index contributed by atoms with van der Waals surface area (Å²) in [5.41, 5.74) is 5.88. The largest absolute Gasteiger partial charge is 0.399 e.